The number of aryl methyl sites for hydroxylation is 1. The summed E-state index contributed by atoms with van der Waals surface area (Å²) in [6.45, 7) is 2.73. The van der Waals surface area contributed by atoms with Crippen molar-refractivity contribution in [1.29, 1.82) is 0 Å². The topological polar surface area (TPSA) is 102 Å². The van der Waals surface area contributed by atoms with Crippen molar-refractivity contribution in [3.8, 4) is 0 Å². The zero-order valence-corrected chi connectivity index (χ0v) is 16.3. The average Bonchev–Trinajstić information content (AvgIpc) is 2.65. The zero-order valence-electron chi connectivity index (χ0n) is 15.4. The maximum absolute atomic E-state index is 12.8. The van der Waals surface area contributed by atoms with Gasteiger partial charge in [0, 0.05) is 6.54 Å². The summed E-state index contributed by atoms with van der Waals surface area (Å²) in [6, 6.07) is 10.5. The molecule has 0 radical (unpaired) electrons. The van der Waals surface area contributed by atoms with E-state index in [0.717, 1.165) is 5.56 Å². The van der Waals surface area contributed by atoms with Crippen LogP contribution < -0.4 is 10.0 Å². The van der Waals surface area contributed by atoms with Gasteiger partial charge in [0.05, 0.1) is 4.90 Å². The van der Waals surface area contributed by atoms with Gasteiger partial charge in [-0.05, 0) is 43.7 Å². The van der Waals surface area contributed by atoms with Crippen molar-refractivity contribution in [2.75, 3.05) is 6.61 Å². The first-order valence-corrected chi connectivity index (χ1v) is 9.92. The van der Waals surface area contributed by atoms with Crippen LogP contribution in [0.4, 0.5) is 4.39 Å². The van der Waals surface area contributed by atoms with E-state index in [1.165, 1.54) is 43.3 Å². The van der Waals surface area contributed by atoms with E-state index in [9.17, 15) is 22.4 Å². The maximum Gasteiger partial charge on any atom is 0.324 e. The maximum atomic E-state index is 12.8. The molecule has 0 aromatic heterocycles. The average molecular weight is 408 g/mol. The molecule has 0 aliphatic rings. The Hall–Kier alpha value is -2.78. The number of amides is 1. The van der Waals surface area contributed by atoms with Crippen molar-refractivity contribution in [2.45, 2.75) is 31.3 Å². The first-order chi connectivity index (χ1) is 13.2. The molecule has 150 valence electrons. The van der Waals surface area contributed by atoms with Gasteiger partial charge in [-0.1, -0.05) is 29.8 Å². The molecule has 0 heterocycles. The van der Waals surface area contributed by atoms with Crippen LogP contribution >= 0.6 is 0 Å². The molecule has 9 heteroatoms. The number of rotatable bonds is 8. The highest BCUT2D eigenvalue weighted by Crippen LogP contribution is 2.10. The minimum atomic E-state index is -3.89. The molecule has 0 bridgehead atoms. The SMILES string of the molecule is Cc1ccc(S(=O)(=O)N[C@@H](C)C(=O)OCC(=O)NCc2ccc(F)cc2)cc1. The van der Waals surface area contributed by atoms with Crippen molar-refractivity contribution in [3.05, 3.63) is 65.5 Å². The van der Waals surface area contributed by atoms with Gasteiger partial charge in [0.2, 0.25) is 10.0 Å². The number of benzene rings is 2. The molecular formula is C19H21FN2O5S. The molecule has 0 saturated heterocycles. The summed E-state index contributed by atoms with van der Waals surface area (Å²) in [5, 5.41) is 2.51. The summed E-state index contributed by atoms with van der Waals surface area (Å²) >= 11 is 0. The first kappa shape index (κ1) is 21.5. The third kappa shape index (κ3) is 6.43. The zero-order chi connectivity index (χ0) is 20.7. The normalized spacial score (nSPS) is 12.2. The molecule has 28 heavy (non-hydrogen) atoms. The number of carbonyl (C=O) groups excluding carboxylic acids is 2. The summed E-state index contributed by atoms with van der Waals surface area (Å²) in [5.74, 6) is -1.83. The van der Waals surface area contributed by atoms with E-state index < -0.39 is 34.5 Å². The Bertz CT molecular complexity index is 928. The Morgan fingerprint density at radius 3 is 2.29 bits per heavy atom. The largest absolute Gasteiger partial charge is 0.454 e. The molecule has 2 aromatic carbocycles. The van der Waals surface area contributed by atoms with Gasteiger partial charge in [-0.3, -0.25) is 9.59 Å². The van der Waals surface area contributed by atoms with Gasteiger partial charge < -0.3 is 10.1 Å². The summed E-state index contributed by atoms with van der Waals surface area (Å²) in [6.07, 6.45) is 0. The van der Waals surface area contributed by atoms with E-state index in [0.29, 0.717) is 5.56 Å². The number of ether oxygens (including phenoxy) is 1. The molecule has 0 aliphatic carbocycles. The molecule has 0 spiro atoms. The van der Waals surface area contributed by atoms with Crippen LogP contribution in [0.3, 0.4) is 0 Å². The molecule has 2 N–H and O–H groups in total. The van der Waals surface area contributed by atoms with Gasteiger partial charge >= 0.3 is 5.97 Å². The molecule has 0 unspecified atom stereocenters. The van der Waals surface area contributed by atoms with Gasteiger partial charge in [0.25, 0.3) is 5.91 Å². The number of carbonyl (C=O) groups is 2. The second-order valence-electron chi connectivity index (χ2n) is 6.17. The Morgan fingerprint density at radius 2 is 1.68 bits per heavy atom. The van der Waals surface area contributed by atoms with Crippen LogP contribution in [0.5, 0.6) is 0 Å². The van der Waals surface area contributed by atoms with Crippen LogP contribution in [-0.2, 0) is 30.9 Å². The van der Waals surface area contributed by atoms with E-state index in [-0.39, 0.29) is 17.3 Å². The molecule has 0 saturated carbocycles. The van der Waals surface area contributed by atoms with E-state index in [4.69, 9.17) is 4.74 Å². The highest BCUT2D eigenvalue weighted by molar-refractivity contribution is 7.89. The monoisotopic (exact) mass is 408 g/mol. The standard InChI is InChI=1S/C19H21FN2O5S/c1-13-3-9-17(10-4-13)28(25,26)22-14(2)19(24)27-12-18(23)21-11-15-5-7-16(20)8-6-15/h3-10,14,22H,11-12H2,1-2H3,(H,21,23)/t14-/m0/s1. The molecular weight excluding hydrogens is 387 g/mol. The molecule has 2 rings (SSSR count). The molecule has 0 fully saturated rings. The summed E-state index contributed by atoms with van der Waals surface area (Å²) in [4.78, 5) is 23.7. The second-order valence-corrected chi connectivity index (χ2v) is 7.88. The van der Waals surface area contributed by atoms with Crippen molar-refractivity contribution < 1.29 is 27.1 Å². The fourth-order valence-corrected chi connectivity index (χ4v) is 3.37. The van der Waals surface area contributed by atoms with Crippen LogP contribution in [0.2, 0.25) is 0 Å². The highest BCUT2D eigenvalue weighted by atomic mass is 32.2. The smallest absolute Gasteiger partial charge is 0.324 e. The van der Waals surface area contributed by atoms with Crippen LogP contribution in [0.15, 0.2) is 53.4 Å². The van der Waals surface area contributed by atoms with Gasteiger partial charge in [0.1, 0.15) is 11.9 Å². The predicted octanol–water partition coefficient (Wildman–Crippen LogP) is 1.66. The quantitative estimate of drug-likeness (QED) is 0.647. The summed E-state index contributed by atoms with van der Waals surface area (Å²) in [7, 11) is -3.89. The molecule has 1 atom stereocenters. The van der Waals surface area contributed by atoms with Crippen molar-refractivity contribution in [2.24, 2.45) is 0 Å². The number of hydrogen-bond donors (Lipinski definition) is 2. The Balaban J connectivity index is 1.80. The van der Waals surface area contributed by atoms with Crippen molar-refractivity contribution in [3.63, 3.8) is 0 Å². The predicted molar refractivity (Wildman–Crippen MR) is 100 cm³/mol. The van der Waals surface area contributed by atoms with Gasteiger partial charge in [0.15, 0.2) is 6.61 Å². The lowest BCUT2D eigenvalue weighted by atomic mass is 10.2. The fourth-order valence-electron chi connectivity index (χ4n) is 2.18. The number of esters is 1. The minimum Gasteiger partial charge on any atom is -0.454 e. The Labute approximate surface area is 163 Å². The number of sulfonamides is 1. The highest BCUT2D eigenvalue weighted by Gasteiger charge is 2.23. The van der Waals surface area contributed by atoms with Gasteiger partial charge in [-0.25, -0.2) is 12.8 Å². The lowest BCUT2D eigenvalue weighted by Crippen LogP contribution is -2.40. The molecule has 1 amide bonds. The number of halogens is 1. The summed E-state index contributed by atoms with van der Waals surface area (Å²) in [5.41, 5.74) is 1.58. The minimum absolute atomic E-state index is 0.0230. The molecule has 0 aliphatic heterocycles. The third-order valence-corrected chi connectivity index (χ3v) is 5.32. The van der Waals surface area contributed by atoms with Crippen LogP contribution in [-0.4, -0.2) is 32.9 Å². The lowest BCUT2D eigenvalue weighted by Gasteiger charge is -2.14. The van der Waals surface area contributed by atoms with Crippen molar-refractivity contribution >= 4 is 21.9 Å². The fraction of sp³-hybridized carbons (Fsp3) is 0.263. The summed E-state index contributed by atoms with van der Waals surface area (Å²) < 4.78 is 44.4. The van der Waals surface area contributed by atoms with Crippen molar-refractivity contribution in [1.82, 2.24) is 10.0 Å². The van der Waals surface area contributed by atoms with E-state index in [1.54, 1.807) is 12.1 Å². The molecule has 7 nitrogen and oxygen atoms in total. The third-order valence-electron chi connectivity index (χ3n) is 3.77. The van der Waals surface area contributed by atoms with E-state index in [2.05, 4.69) is 10.0 Å². The van der Waals surface area contributed by atoms with E-state index >= 15 is 0 Å². The van der Waals surface area contributed by atoms with Crippen LogP contribution in [0, 0.1) is 12.7 Å². The lowest BCUT2D eigenvalue weighted by molar-refractivity contribution is -0.149. The van der Waals surface area contributed by atoms with Gasteiger partial charge in [-0.2, -0.15) is 4.72 Å². The van der Waals surface area contributed by atoms with Crippen LogP contribution in [0.1, 0.15) is 18.1 Å². The van der Waals surface area contributed by atoms with Gasteiger partial charge in [-0.15, -0.1) is 0 Å². The van der Waals surface area contributed by atoms with Crippen LogP contribution in [0.25, 0.3) is 0 Å². The second kappa shape index (κ2) is 9.43. The number of hydrogen-bond acceptors (Lipinski definition) is 5. The first-order valence-electron chi connectivity index (χ1n) is 8.44. The molecule has 2 aromatic rings. The number of nitrogens with one attached hydrogen (secondary N) is 2. The van der Waals surface area contributed by atoms with E-state index in [1.807, 2.05) is 6.92 Å². The Morgan fingerprint density at radius 1 is 1.07 bits per heavy atom. The Kier molecular flexibility index (Phi) is 7.24.